The van der Waals surface area contributed by atoms with Crippen LogP contribution in [0.25, 0.3) is 0 Å². The maximum atomic E-state index is 12.6. The topological polar surface area (TPSA) is 73.1 Å². The van der Waals surface area contributed by atoms with Gasteiger partial charge < -0.3 is 0 Å². The molecule has 0 atom stereocenters. The van der Waals surface area contributed by atoms with Crippen molar-refractivity contribution in [3.8, 4) is 0 Å². The van der Waals surface area contributed by atoms with Gasteiger partial charge in [-0.05, 0) is 44.6 Å². The fourth-order valence-corrected chi connectivity index (χ4v) is 3.53. The van der Waals surface area contributed by atoms with Gasteiger partial charge in [-0.15, -0.1) is 0 Å². The van der Waals surface area contributed by atoms with E-state index in [1.54, 1.807) is 0 Å². The second-order valence-electron chi connectivity index (χ2n) is 2.49. The van der Waals surface area contributed by atoms with E-state index < -0.39 is 26.9 Å². The molecule has 9 heteroatoms. The van der Waals surface area contributed by atoms with E-state index in [1.807, 2.05) is 0 Å². The number of hydrogen-bond donors (Lipinski definition) is 1. The second-order valence-corrected chi connectivity index (χ2v) is 5.86. The largest absolute Gasteiger partial charge is 0.267 e. The lowest BCUT2D eigenvalue weighted by atomic mass is 10.3. The summed E-state index contributed by atoms with van der Waals surface area (Å²) in [7, 11) is -4.18. The molecule has 0 radical (unpaired) electrons. The minimum atomic E-state index is -4.18. The molecule has 0 amide bonds. The molecule has 2 N–H and O–H groups in total. The minimum Gasteiger partial charge on any atom is -0.234 e. The summed E-state index contributed by atoms with van der Waals surface area (Å²) < 4.78 is 47.3. The van der Waals surface area contributed by atoms with E-state index >= 15 is 0 Å². The van der Waals surface area contributed by atoms with Crippen LogP contribution in [0.2, 0.25) is 0 Å². The number of rotatable bonds is 2. The average molecular weight is 413 g/mol. The van der Waals surface area contributed by atoms with Crippen LogP contribution in [-0.4, -0.2) is 13.4 Å². The molecular formula is C6H4BrF2IN2O2S. The number of alkyl halides is 2. The van der Waals surface area contributed by atoms with Crippen LogP contribution in [0.4, 0.5) is 8.78 Å². The highest BCUT2D eigenvalue weighted by Crippen LogP contribution is 2.31. The van der Waals surface area contributed by atoms with E-state index in [9.17, 15) is 17.2 Å². The molecular weight excluding hydrogens is 409 g/mol. The van der Waals surface area contributed by atoms with Gasteiger partial charge in [0, 0.05) is 0 Å². The third kappa shape index (κ3) is 3.04. The quantitative estimate of drug-likeness (QED) is 0.596. The molecule has 1 rings (SSSR count). The normalized spacial score (nSPS) is 12.1. The molecule has 1 aromatic rings. The zero-order chi connectivity index (χ0) is 11.8. The van der Waals surface area contributed by atoms with Crippen molar-refractivity contribution in [2.24, 2.45) is 5.14 Å². The van der Waals surface area contributed by atoms with Crippen molar-refractivity contribution < 1.29 is 17.2 Å². The van der Waals surface area contributed by atoms with Crippen molar-refractivity contribution in [3.63, 3.8) is 0 Å². The Hall–Kier alpha value is 0.130. The van der Waals surface area contributed by atoms with Crippen molar-refractivity contribution in [3.05, 3.63) is 19.9 Å². The Bertz CT molecular complexity index is 494. The minimum absolute atomic E-state index is 0.0963. The molecule has 0 saturated heterocycles. The summed E-state index contributed by atoms with van der Waals surface area (Å²) >= 11 is 4.43. The monoisotopic (exact) mass is 412 g/mol. The van der Waals surface area contributed by atoms with Gasteiger partial charge in [0.25, 0.3) is 6.43 Å². The molecule has 15 heavy (non-hydrogen) atoms. The van der Waals surface area contributed by atoms with Crippen LogP contribution in [-0.2, 0) is 10.0 Å². The smallest absolute Gasteiger partial charge is 0.234 e. The van der Waals surface area contributed by atoms with E-state index in [0.29, 0.717) is 0 Å². The van der Waals surface area contributed by atoms with Gasteiger partial charge in [0.1, 0.15) is 8.30 Å². The average Bonchev–Trinajstić information content (AvgIpc) is 1.99. The highest BCUT2D eigenvalue weighted by Gasteiger charge is 2.25. The summed E-state index contributed by atoms with van der Waals surface area (Å²) in [6, 6.07) is 0.957. The Morgan fingerprint density at radius 2 is 2.07 bits per heavy atom. The lowest BCUT2D eigenvalue weighted by Crippen LogP contribution is -2.16. The maximum Gasteiger partial charge on any atom is 0.267 e. The fourth-order valence-electron chi connectivity index (χ4n) is 0.907. The van der Waals surface area contributed by atoms with Crippen LogP contribution >= 0.6 is 38.5 Å². The fraction of sp³-hybridized carbons (Fsp3) is 0.167. The maximum absolute atomic E-state index is 12.6. The predicted molar refractivity (Wildman–Crippen MR) is 61.0 cm³/mol. The number of nitrogens with zero attached hydrogens (tertiary/aromatic N) is 1. The third-order valence-corrected chi connectivity index (χ3v) is 3.65. The first-order valence-corrected chi connectivity index (χ1v) is 6.82. The van der Waals surface area contributed by atoms with E-state index in [-0.39, 0.29) is 8.30 Å². The van der Waals surface area contributed by atoms with Gasteiger partial charge in [-0.3, -0.25) is 0 Å². The molecule has 0 aromatic carbocycles. The van der Waals surface area contributed by atoms with Gasteiger partial charge in [0.15, 0.2) is 0 Å². The first-order chi connectivity index (χ1) is 6.73. The zero-order valence-corrected chi connectivity index (χ0v) is 11.5. The van der Waals surface area contributed by atoms with E-state index in [0.717, 1.165) is 6.07 Å². The summed E-state index contributed by atoms with van der Waals surface area (Å²) in [6.45, 7) is 0. The Kier molecular flexibility index (Phi) is 4.01. The lowest BCUT2D eigenvalue weighted by molar-refractivity contribution is 0.146. The van der Waals surface area contributed by atoms with Crippen molar-refractivity contribution >= 4 is 48.5 Å². The van der Waals surface area contributed by atoms with E-state index in [4.69, 9.17) is 5.14 Å². The second kappa shape index (κ2) is 4.55. The Labute approximate surface area is 107 Å². The molecule has 0 spiro atoms. The van der Waals surface area contributed by atoms with E-state index in [2.05, 4.69) is 20.9 Å². The molecule has 1 heterocycles. The van der Waals surface area contributed by atoms with Gasteiger partial charge in [-0.2, -0.15) is 0 Å². The van der Waals surface area contributed by atoms with Crippen LogP contribution < -0.4 is 5.14 Å². The molecule has 0 aliphatic rings. The van der Waals surface area contributed by atoms with Crippen LogP contribution in [0.5, 0.6) is 0 Å². The molecule has 0 fully saturated rings. The SMILES string of the molecule is NS(=O)(=O)c1cc(Br)nc(I)c1C(F)F. The molecule has 4 nitrogen and oxygen atoms in total. The van der Waals surface area contributed by atoms with Crippen LogP contribution in [0.3, 0.4) is 0 Å². The van der Waals surface area contributed by atoms with Crippen LogP contribution in [0.15, 0.2) is 15.6 Å². The van der Waals surface area contributed by atoms with Crippen LogP contribution in [0.1, 0.15) is 12.0 Å². The standard InChI is InChI=1S/C6H4BrF2IN2O2S/c7-3-1-2(15(11,13)14)4(5(8)9)6(10)12-3/h1,5H,(H2,11,13,14). The molecule has 0 saturated carbocycles. The molecule has 0 aliphatic heterocycles. The highest BCUT2D eigenvalue weighted by atomic mass is 127. The lowest BCUT2D eigenvalue weighted by Gasteiger charge is -2.08. The number of nitrogens with two attached hydrogens (primary N) is 1. The summed E-state index contributed by atoms with van der Waals surface area (Å²) in [5, 5.41) is 4.82. The number of halogens is 4. The molecule has 1 aromatic heterocycles. The molecule has 0 bridgehead atoms. The number of aromatic nitrogens is 1. The number of pyridine rings is 1. The highest BCUT2D eigenvalue weighted by molar-refractivity contribution is 14.1. The summed E-state index contributed by atoms with van der Waals surface area (Å²) in [5.41, 5.74) is -0.665. The first kappa shape index (κ1) is 13.2. The summed E-state index contributed by atoms with van der Waals surface area (Å²) in [4.78, 5) is 3.06. The number of sulfonamides is 1. The number of primary sulfonamides is 1. The van der Waals surface area contributed by atoms with Crippen molar-refractivity contribution in [2.75, 3.05) is 0 Å². The van der Waals surface area contributed by atoms with Crippen molar-refractivity contribution in [1.29, 1.82) is 0 Å². The van der Waals surface area contributed by atoms with Crippen molar-refractivity contribution in [1.82, 2.24) is 4.98 Å². The Balaban J connectivity index is 3.62. The predicted octanol–water partition coefficient (Wildman–Crippen LogP) is 2.03. The van der Waals surface area contributed by atoms with Gasteiger partial charge in [-0.1, -0.05) is 0 Å². The molecule has 84 valence electrons. The van der Waals surface area contributed by atoms with Gasteiger partial charge in [0.2, 0.25) is 10.0 Å². The van der Waals surface area contributed by atoms with E-state index in [1.165, 1.54) is 22.6 Å². The summed E-state index contributed by atoms with van der Waals surface area (Å²) in [5.74, 6) is 0. The van der Waals surface area contributed by atoms with Gasteiger partial charge >= 0.3 is 0 Å². The zero-order valence-electron chi connectivity index (χ0n) is 6.92. The van der Waals surface area contributed by atoms with Gasteiger partial charge in [-0.25, -0.2) is 27.3 Å². The Morgan fingerprint density at radius 1 is 1.53 bits per heavy atom. The third-order valence-electron chi connectivity index (χ3n) is 1.47. The van der Waals surface area contributed by atoms with Crippen molar-refractivity contribution in [2.45, 2.75) is 11.3 Å². The number of hydrogen-bond acceptors (Lipinski definition) is 3. The summed E-state index contributed by atoms with van der Waals surface area (Å²) in [6.07, 6.45) is -2.94. The molecule has 0 unspecified atom stereocenters. The Morgan fingerprint density at radius 3 is 2.47 bits per heavy atom. The first-order valence-electron chi connectivity index (χ1n) is 3.40. The molecule has 0 aliphatic carbocycles. The van der Waals surface area contributed by atoms with Gasteiger partial charge in [0.05, 0.1) is 10.5 Å². The van der Waals surface area contributed by atoms with Crippen LogP contribution in [0, 0.1) is 3.70 Å².